The fourth-order valence-electron chi connectivity index (χ4n) is 1.69. The van der Waals surface area contributed by atoms with E-state index in [0.717, 1.165) is 5.01 Å². The van der Waals surface area contributed by atoms with Crippen LogP contribution >= 0.6 is 0 Å². The number of hydrazine groups is 1. The number of hydrogen-bond donors (Lipinski definition) is 1. The Labute approximate surface area is 119 Å². The van der Waals surface area contributed by atoms with Crippen LogP contribution in [0.4, 0.5) is 0 Å². The van der Waals surface area contributed by atoms with Crippen molar-refractivity contribution in [2.24, 2.45) is 5.28 Å². The van der Waals surface area contributed by atoms with E-state index in [9.17, 15) is 14.8 Å². The summed E-state index contributed by atoms with van der Waals surface area (Å²) in [6.07, 6.45) is 0.368. The van der Waals surface area contributed by atoms with E-state index >= 15 is 0 Å². The molecule has 1 aromatic carbocycles. The molecule has 1 aliphatic rings. The fourth-order valence-corrected chi connectivity index (χ4v) is 1.69. The largest absolute Gasteiger partial charge is 0.569 e. The van der Waals surface area contributed by atoms with Gasteiger partial charge in [-0.15, -0.1) is 5.01 Å². The minimum Gasteiger partial charge on any atom is -0.569 e. The van der Waals surface area contributed by atoms with E-state index < -0.39 is 24.8 Å². The Morgan fingerprint density at radius 1 is 1.43 bits per heavy atom. The number of carboxylic acids is 1. The van der Waals surface area contributed by atoms with Crippen molar-refractivity contribution < 1.29 is 29.2 Å². The summed E-state index contributed by atoms with van der Waals surface area (Å²) in [5.74, 6) is -1.72. The number of esters is 1. The Kier molecular flexibility index (Phi) is 4.54. The monoisotopic (exact) mass is 295 g/mol. The van der Waals surface area contributed by atoms with Crippen LogP contribution in [0.25, 0.3) is 0 Å². The summed E-state index contributed by atoms with van der Waals surface area (Å²) in [7, 11) is 0. The summed E-state index contributed by atoms with van der Waals surface area (Å²) < 4.78 is 4.73. The lowest BCUT2D eigenvalue weighted by molar-refractivity contribution is -0.729. The minimum absolute atomic E-state index is 0.0403. The van der Waals surface area contributed by atoms with Gasteiger partial charge in [-0.2, -0.15) is 0 Å². The highest BCUT2D eigenvalue weighted by Crippen LogP contribution is 2.17. The van der Waals surface area contributed by atoms with Crippen molar-refractivity contribution in [1.29, 1.82) is 0 Å². The zero-order valence-electron chi connectivity index (χ0n) is 10.9. The molecule has 0 unspecified atom stereocenters. The molecular weight excluding hydrogens is 282 g/mol. The summed E-state index contributed by atoms with van der Waals surface area (Å²) in [5.41, 5.74) is 0.341. The molecule has 1 fully saturated rings. The molecule has 0 bridgehead atoms. The first-order valence-electron chi connectivity index (χ1n) is 6.11. The third-order valence-corrected chi connectivity index (χ3v) is 2.88. The van der Waals surface area contributed by atoms with Gasteiger partial charge in [-0.25, -0.2) is 9.59 Å². The third kappa shape index (κ3) is 3.59. The van der Waals surface area contributed by atoms with E-state index in [4.69, 9.17) is 9.84 Å². The molecule has 0 radical (unpaired) electrons. The molecule has 1 atom stereocenters. The lowest BCUT2D eigenvalue weighted by Gasteiger charge is -2.31. The highest BCUT2D eigenvalue weighted by Gasteiger charge is 2.41. The van der Waals surface area contributed by atoms with Gasteiger partial charge in [0.2, 0.25) is 5.28 Å². The van der Waals surface area contributed by atoms with E-state index in [-0.39, 0.29) is 11.5 Å². The predicted octanol–water partition coefficient (Wildman–Crippen LogP) is 0.769. The molecule has 1 aliphatic heterocycles. The zero-order chi connectivity index (χ0) is 15.2. The summed E-state index contributed by atoms with van der Waals surface area (Å²) in [4.78, 5) is 26.8. The summed E-state index contributed by atoms with van der Waals surface area (Å²) in [5, 5.41) is 24.2. The molecule has 9 heteroatoms. The molecule has 1 saturated heterocycles. The van der Waals surface area contributed by atoms with Gasteiger partial charge in [0.05, 0.1) is 17.1 Å². The highest BCUT2D eigenvalue weighted by molar-refractivity contribution is 5.89. The molecule has 0 saturated carbocycles. The second-order valence-corrected chi connectivity index (χ2v) is 4.18. The van der Waals surface area contributed by atoms with Gasteiger partial charge in [0, 0.05) is 6.42 Å². The average molecular weight is 295 g/mol. The van der Waals surface area contributed by atoms with Gasteiger partial charge in [0.1, 0.15) is 0 Å². The number of carboxylic acid groups (broad SMARTS) is 1. The lowest BCUT2D eigenvalue weighted by atomic mass is 10.1. The molecule has 1 aromatic rings. The molecule has 112 valence electrons. The molecule has 0 aliphatic carbocycles. The molecule has 0 aromatic heterocycles. The van der Waals surface area contributed by atoms with Gasteiger partial charge in [-0.05, 0) is 12.1 Å². The van der Waals surface area contributed by atoms with E-state index in [1.54, 1.807) is 30.3 Å². The quantitative estimate of drug-likeness (QED) is 0.206. The van der Waals surface area contributed by atoms with Gasteiger partial charge < -0.3 is 19.9 Å². The Hall–Kier alpha value is -2.84. The van der Waals surface area contributed by atoms with E-state index in [1.165, 1.54) is 0 Å². The van der Waals surface area contributed by atoms with Gasteiger partial charge in [0.25, 0.3) is 6.79 Å². The number of carbonyl (C=O) groups is 2. The van der Waals surface area contributed by atoms with Crippen molar-refractivity contribution in [3.8, 4) is 0 Å². The summed E-state index contributed by atoms with van der Waals surface area (Å²) >= 11 is 0. The first kappa shape index (κ1) is 14.6. The van der Waals surface area contributed by atoms with E-state index in [2.05, 4.69) is 10.1 Å². The maximum atomic E-state index is 11.5. The van der Waals surface area contributed by atoms with Crippen LogP contribution in [0.3, 0.4) is 0 Å². The van der Waals surface area contributed by atoms with Crippen molar-refractivity contribution in [3.63, 3.8) is 0 Å². The van der Waals surface area contributed by atoms with Crippen molar-refractivity contribution >= 4 is 11.9 Å². The Bertz CT molecular complexity index is 547. The first-order chi connectivity index (χ1) is 10.1. The summed E-state index contributed by atoms with van der Waals surface area (Å²) in [6.45, 7) is -0.269. The van der Waals surface area contributed by atoms with Crippen LogP contribution in [-0.2, 0) is 14.4 Å². The van der Waals surface area contributed by atoms with E-state index in [1.807, 2.05) is 0 Å². The standard InChI is InChI=1S/C12H13N3O6/c16-11(17)10-6-7-14(10)15(19)13-21-8-20-12(18)9-4-2-1-3-5-9/h1-5,10H,6-8H2,(H,16,17)/b15-13+/t10-/m0/s1. The Morgan fingerprint density at radius 2 is 2.14 bits per heavy atom. The van der Waals surface area contributed by atoms with Gasteiger partial charge >= 0.3 is 11.9 Å². The molecule has 0 amide bonds. The number of aliphatic carboxylic acids is 1. The molecule has 1 heterocycles. The summed E-state index contributed by atoms with van der Waals surface area (Å²) in [6, 6.07) is 7.34. The maximum Gasteiger partial charge on any atom is 0.341 e. The van der Waals surface area contributed by atoms with Crippen LogP contribution in [-0.4, -0.2) is 46.4 Å². The number of rotatable bonds is 6. The van der Waals surface area contributed by atoms with Crippen LogP contribution in [0.5, 0.6) is 0 Å². The van der Waals surface area contributed by atoms with Crippen molar-refractivity contribution in [2.45, 2.75) is 12.5 Å². The van der Waals surface area contributed by atoms with Crippen LogP contribution < -0.4 is 0 Å². The lowest BCUT2D eigenvalue weighted by Crippen LogP contribution is -2.55. The van der Waals surface area contributed by atoms with Crippen LogP contribution in [0.1, 0.15) is 16.8 Å². The maximum absolute atomic E-state index is 11.5. The van der Waals surface area contributed by atoms with Gasteiger partial charge in [-0.3, -0.25) is 0 Å². The van der Waals surface area contributed by atoms with Crippen LogP contribution in [0.2, 0.25) is 0 Å². The molecule has 21 heavy (non-hydrogen) atoms. The van der Waals surface area contributed by atoms with Crippen molar-refractivity contribution in [1.82, 2.24) is 5.01 Å². The van der Waals surface area contributed by atoms with E-state index in [0.29, 0.717) is 12.0 Å². The minimum atomic E-state index is -1.10. The Balaban J connectivity index is 1.75. The number of hydrogen-bond acceptors (Lipinski definition) is 6. The van der Waals surface area contributed by atoms with Crippen molar-refractivity contribution in [3.05, 3.63) is 41.1 Å². The highest BCUT2D eigenvalue weighted by atomic mass is 16.8. The molecule has 1 N–H and O–H groups in total. The second-order valence-electron chi connectivity index (χ2n) is 4.18. The Morgan fingerprint density at radius 3 is 2.71 bits per heavy atom. The molecule has 9 nitrogen and oxygen atoms in total. The predicted molar refractivity (Wildman–Crippen MR) is 66.6 cm³/mol. The van der Waals surface area contributed by atoms with Crippen LogP contribution in [0, 0.1) is 5.21 Å². The number of nitrogens with zero attached hydrogens (tertiary/aromatic N) is 3. The van der Waals surface area contributed by atoms with Gasteiger partial charge in [0.15, 0.2) is 6.04 Å². The number of ether oxygens (including phenoxy) is 1. The van der Waals surface area contributed by atoms with Crippen LogP contribution in [0.15, 0.2) is 35.6 Å². The molecule has 0 spiro atoms. The molecule has 2 rings (SSSR count). The topological polar surface area (TPSA) is 114 Å². The first-order valence-corrected chi connectivity index (χ1v) is 6.11. The molecular formula is C12H13N3O6. The van der Waals surface area contributed by atoms with Crippen molar-refractivity contribution in [2.75, 3.05) is 13.3 Å². The number of carbonyl (C=O) groups excluding carboxylic acids is 1. The zero-order valence-corrected chi connectivity index (χ0v) is 10.9. The average Bonchev–Trinajstić information content (AvgIpc) is 2.42. The number of benzene rings is 1. The normalized spacial score (nSPS) is 17.8. The smallest absolute Gasteiger partial charge is 0.341 e. The van der Waals surface area contributed by atoms with Gasteiger partial charge in [-0.1, -0.05) is 18.2 Å². The fraction of sp³-hybridized carbons (Fsp3) is 0.333. The third-order valence-electron chi connectivity index (χ3n) is 2.88. The second kappa shape index (κ2) is 6.55. The SMILES string of the molecule is O=C(OCO/N=[N+](/[O-])N1CC[C@H]1C(=O)O)c1ccccc1.